The fraction of sp³-hybridized carbons (Fsp3) is 0.0667. The molecule has 3 heteroatoms. The fourth-order valence-corrected chi connectivity index (χ4v) is 3.31. The first kappa shape index (κ1) is 11.4. The minimum Gasteiger partial charge on any atom is -0.207 e. The van der Waals surface area contributed by atoms with E-state index in [0.717, 1.165) is 26.6 Å². The zero-order chi connectivity index (χ0) is 12.7. The van der Waals surface area contributed by atoms with Crippen molar-refractivity contribution in [2.24, 2.45) is 0 Å². The Bertz CT molecular complexity index is 708. The molecular weight excluding hydrogens is 250 g/mol. The van der Waals surface area contributed by atoms with Crippen LogP contribution >= 0.6 is 11.3 Å². The molecule has 3 rings (SSSR count). The lowest BCUT2D eigenvalue weighted by molar-refractivity contribution is 0.584. The van der Waals surface area contributed by atoms with Gasteiger partial charge in [0.25, 0.3) is 0 Å². The van der Waals surface area contributed by atoms with E-state index in [1.54, 1.807) is 11.3 Å². The Balaban J connectivity index is 2.34. The van der Waals surface area contributed by atoms with Gasteiger partial charge in [0.15, 0.2) is 0 Å². The number of fused-ring (bicyclic) bond motifs is 1. The average Bonchev–Trinajstić information content (AvgIpc) is 2.63. The Morgan fingerprint density at radius 2 is 1.61 bits per heavy atom. The maximum absolute atomic E-state index is 13.3. The van der Waals surface area contributed by atoms with Crippen LogP contribution in [-0.2, 0) is 0 Å². The van der Waals surface area contributed by atoms with Crippen LogP contribution in [0.15, 0.2) is 42.5 Å². The summed E-state index contributed by atoms with van der Waals surface area (Å²) in [6.07, 6.45) is 0. The van der Waals surface area contributed by atoms with Crippen molar-refractivity contribution in [3.63, 3.8) is 0 Å². The Hall–Kier alpha value is -1.74. The topological polar surface area (TPSA) is 0 Å². The summed E-state index contributed by atoms with van der Waals surface area (Å²) in [5.41, 5.74) is 1.52. The van der Waals surface area contributed by atoms with E-state index < -0.39 is 11.6 Å². The van der Waals surface area contributed by atoms with Gasteiger partial charge in [0.1, 0.15) is 11.6 Å². The van der Waals surface area contributed by atoms with Gasteiger partial charge in [-0.2, -0.15) is 0 Å². The van der Waals surface area contributed by atoms with Crippen LogP contribution in [0.1, 0.15) is 4.88 Å². The van der Waals surface area contributed by atoms with Crippen LogP contribution in [0.4, 0.5) is 8.78 Å². The zero-order valence-corrected chi connectivity index (χ0v) is 10.5. The maximum Gasteiger partial charge on any atom is 0.126 e. The fourth-order valence-electron chi connectivity index (χ4n) is 2.22. The molecule has 0 atom stereocenters. The molecule has 0 aliphatic rings. The number of thiophene rings is 1. The molecule has 0 aliphatic heterocycles. The zero-order valence-electron chi connectivity index (χ0n) is 9.71. The average molecular weight is 260 g/mol. The van der Waals surface area contributed by atoms with Gasteiger partial charge >= 0.3 is 0 Å². The second-order valence-electron chi connectivity index (χ2n) is 4.19. The van der Waals surface area contributed by atoms with E-state index in [0.29, 0.717) is 5.56 Å². The second kappa shape index (κ2) is 4.18. The minimum absolute atomic E-state index is 0.542. The van der Waals surface area contributed by atoms with Crippen LogP contribution in [0, 0.1) is 18.6 Å². The molecule has 0 bridgehead atoms. The van der Waals surface area contributed by atoms with Gasteiger partial charge in [-0.15, -0.1) is 11.3 Å². The van der Waals surface area contributed by atoms with Crippen molar-refractivity contribution >= 4 is 21.4 Å². The Morgan fingerprint density at radius 1 is 0.944 bits per heavy atom. The largest absolute Gasteiger partial charge is 0.207 e. The monoisotopic (exact) mass is 260 g/mol. The van der Waals surface area contributed by atoms with Crippen LogP contribution in [0.2, 0.25) is 0 Å². The molecule has 0 unspecified atom stereocenters. The molecule has 1 heterocycles. The van der Waals surface area contributed by atoms with E-state index in [9.17, 15) is 8.78 Å². The van der Waals surface area contributed by atoms with Crippen molar-refractivity contribution in [2.75, 3.05) is 0 Å². The highest BCUT2D eigenvalue weighted by Gasteiger charge is 2.12. The van der Waals surface area contributed by atoms with Crippen molar-refractivity contribution in [3.8, 4) is 11.1 Å². The molecular formula is C15H10F2S. The summed E-state index contributed by atoms with van der Waals surface area (Å²) in [7, 11) is 0. The molecule has 1 aromatic heterocycles. The van der Waals surface area contributed by atoms with Gasteiger partial charge in [0, 0.05) is 26.6 Å². The van der Waals surface area contributed by atoms with E-state index in [1.807, 2.05) is 31.2 Å². The number of hydrogen-bond donors (Lipinski definition) is 0. The van der Waals surface area contributed by atoms with Gasteiger partial charge in [-0.1, -0.05) is 18.2 Å². The summed E-state index contributed by atoms with van der Waals surface area (Å²) in [4.78, 5) is 1.07. The molecule has 0 fully saturated rings. The lowest BCUT2D eigenvalue weighted by Crippen LogP contribution is -1.84. The third kappa shape index (κ3) is 1.81. The Labute approximate surface area is 108 Å². The molecule has 0 amide bonds. The minimum atomic E-state index is -0.542. The van der Waals surface area contributed by atoms with Crippen molar-refractivity contribution in [1.29, 1.82) is 0 Å². The Kier molecular flexibility index (Phi) is 2.63. The van der Waals surface area contributed by atoms with Crippen LogP contribution in [0.25, 0.3) is 21.2 Å². The molecule has 90 valence electrons. The number of rotatable bonds is 1. The van der Waals surface area contributed by atoms with Gasteiger partial charge < -0.3 is 0 Å². The lowest BCUT2D eigenvalue weighted by Gasteiger charge is -2.03. The summed E-state index contributed by atoms with van der Waals surface area (Å²) in [5.74, 6) is -1.08. The molecule has 18 heavy (non-hydrogen) atoms. The lowest BCUT2D eigenvalue weighted by atomic mass is 10.0. The molecule has 0 saturated heterocycles. The van der Waals surface area contributed by atoms with E-state index >= 15 is 0 Å². The van der Waals surface area contributed by atoms with E-state index in [1.165, 1.54) is 12.1 Å². The first-order chi connectivity index (χ1) is 8.65. The smallest absolute Gasteiger partial charge is 0.126 e. The Morgan fingerprint density at radius 3 is 2.33 bits per heavy atom. The summed E-state index contributed by atoms with van der Waals surface area (Å²) < 4.78 is 27.8. The van der Waals surface area contributed by atoms with Gasteiger partial charge in [-0.05, 0) is 30.7 Å². The van der Waals surface area contributed by atoms with Crippen molar-refractivity contribution in [3.05, 3.63) is 59.0 Å². The van der Waals surface area contributed by atoms with E-state index in [-0.39, 0.29) is 0 Å². The van der Waals surface area contributed by atoms with E-state index in [2.05, 4.69) is 0 Å². The van der Waals surface area contributed by atoms with E-state index in [4.69, 9.17) is 0 Å². The molecule has 2 aromatic carbocycles. The third-order valence-corrected chi connectivity index (χ3v) is 4.01. The standard InChI is InChI=1S/C15H10F2S/c1-9-15(10-6-11(16)8-12(17)7-10)13-4-2-3-5-14(13)18-9/h2-8H,1H3. The number of benzene rings is 2. The molecule has 0 aliphatic carbocycles. The predicted octanol–water partition coefficient (Wildman–Crippen LogP) is 5.15. The summed E-state index contributed by atoms with van der Waals surface area (Å²) in [6.45, 7) is 1.98. The van der Waals surface area contributed by atoms with Gasteiger partial charge in [-0.3, -0.25) is 0 Å². The van der Waals surface area contributed by atoms with Crippen molar-refractivity contribution in [1.82, 2.24) is 0 Å². The SMILES string of the molecule is Cc1sc2ccccc2c1-c1cc(F)cc(F)c1. The maximum atomic E-state index is 13.3. The van der Waals surface area contributed by atoms with Crippen LogP contribution < -0.4 is 0 Å². The highest BCUT2D eigenvalue weighted by molar-refractivity contribution is 7.19. The van der Waals surface area contributed by atoms with Gasteiger partial charge in [0.2, 0.25) is 0 Å². The van der Waals surface area contributed by atoms with Crippen molar-refractivity contribution < 1.29 is 8.78 Å². The molecule has 0 saturated carbocycles. The quantitative estimate of drug-likeness (QED) is 0.567. The first-order valence-corrected chi connectivity index (χ1v) is 6.41. The second-order valence-corrected chi connectivity index (χ2v) is 5.44. The van der Waals surface area contributed by atoms with Crippen molar-refractivity contribution in [2.45, 2.75) is 6.92 Å². The summed E-state index contributed by atoms with van der Waals surface area (Å²) >= 11 is 1.64. The third-order valence-electron chi connectivity index (χ3n) is 2.92. The summed E-state index contributed by atoms with van der Waals surface area (Å²) in [5, 5.41) is 1.05. The van der Waals surface area contributed by atoms with Gasteiger partial charge in [-0.25, -0.2) is 8.78 Å². The van der Waals surface area contributed by atoms with Crippen LogP contribution in [0.5, 0.6) is 0 Å². The van der Waals surface area contributed by atoms with Crippen LogP contribution in [0.3, 0.4) is 0 Å². The first-order valence-electron chi connectivity index (χ1n) is 5.60. The molecule has 0 nitrogen and oxygen atoms in total. The number of aryl methyl sites for hydroxylation is 1. The summed E-state index contributed by atoms with van der Waals surface area (Å²) in [6, 6.07) is 11.6. The van der Waals surface area contributed by atoms with Crippen LogP contribution in [-0.4, -0.2) is 0 Å². The predicted molar refractivity (Wildman–Crippen MR) is 71.9 cm³/mol. The molecule has 0 radical (unpaired) electrons. The molecule has 0 spiro atoms. The number of halogens is 2. The van der Waals surface area contributed by atoms with Gasteiger partial charge in [0.05, 0.1) is 0 Å². The highest BCUT2D eigenvalue weighted by atomic mass is 32.1. The number of hydrogen-bond acceptors (Lipinski definition) is 1. The highest BCUT2D eigenvalue weighted by Crippen LogP contribution is 2.38. The molecule has 0 N–H and O–H groups in total. The normalized spacial score (nSPS) is 11.1. The molecule has 3 aromatic rings.